The van der Waals surface area contributed by atoms with E-state index >= 15 is 0 Å². The van der Waals surface area contributed by atoms with Crippen molar-refractivity contribution >= 4 is 21.4 Å². The van der Waals surface area contributed by atoms with E-state index in [1.54, 1.807) is 6.07 Å². The van der Waals surface area contributed by atoms with E-state index in [2.05, 4.69) is 24.0 Å². The molecule has 1 aliphatic rings. The van der Waals surface area contributed by atoms with Crippen molar-refractivity contribution < 1.29 is 12.8 Å². The van der Waals surface area contributed by atoms with Crippen molar-refractivity contribution in [3.63, 3.8) is 0 Å². The maximum Gasteiger partial charge on any atom is 0.246 e. The minimum absolute atomic E-state index is 0.232. The van der Waals surface area contributed by atoms with Gasteiger partial charge in [-0.3, -0.25) is 4.90 Å². The van der Waals surface area contributed by atoms with Crippen LogP contribution < -0.4 is 0 Å². The summed E-state index contributed by atoms with van der Waals surface area (Å²) in [4.78, 5) is 4.69. The molecule has 2 aromatic rings. The number of hydrogen-bond donors (Lipinski definition) is 0. The molecule has 130 valence electrons. The number of piperazine rings is 1. The number of benzene rings is 1. The van der Waals surface area contributed by atoms with Gasteiger partial charge in [-0.1, -0.05) is 19.1 Å². The van der Waals surface area contributed by atoms with E-state index in [0.29, 0.717) is 26.2 Å². The molecule has 1 fully saturated rings. The Hall–Kier alpha value is -1.28. The van der Waals surface area contributed by atoms with E-state index in [-0.39, 0.29) is 4.90 Å². The lowest BCUT2D eigenvalue weighted by Gasteiger charge is -2.33. The first kappa shape index (κ1) is 17.5. The van der Waals surface area contributed by atoms with Gasteiger partial charge in [-0.2, -0.15) is 4.31 Å². The predicted molar refractivity (Wildman–Crippen MR) is 94.1 cm³/mol. The average Bonchev–Trinajstić information content (AvgIpc) is 3.03. The van der Waals surface area contributed by atoms with Crippen LogP contribution in [0.2, 0.25) is 0 Å². The Balaban J connectivity index is 1.63. The van der Waals surface area contributed by atoms with Crippen molar-refractivity contribution in [1.29, 1.82) is 0 Å². The summed E-state index contributed by atoms with van der Waals surface area (Å²) >= 11 is 1.81. The molecule has 0 radical (unpaired) electrons. The third-order valence-electron chi connectivity index (χ3n) is 4.23. The van der Waals surface area contributed by atoms with E-state index in [9.17, 15) is 12.8 Å². The van der Waals surface area contributed by atoms with E-state index in [4.69, 9.17) is 0 Å². The highest BCUT2D eigenvalue weighted by atomic mass is 32.2. The molecule has 0 saturated carbocycles. The molecular weight excluding hydrogens is 347 g/mol. The number of aryl methyl sites for hydroxylation is 1. The van der Waals surface area contributed by atoms with Crippen LogP contribution in [-0.2, 0) is 23.0 Å². The maximum absolute atomic E-state index is 13.8. The van der Waals surface area contributed by atoms with Crippen LogP contribution in [0.1, 0.15) is 16.7 Å². The summed E-state index contributed by atoms with van der Waals surface area (Å²) in [5, 5.41) is 0. The van der Waals surface area contributed by atoms with Crippen molar-refractivity contribution in [2.24, 2.45) is 0 Å². The summed E-state index contributed by atoms with van der Waals surface area (Å²) in [6.45, 7) is 5.09. The van der Waals surface area contributed by atoms with E-state index in [0.717, 1.165) is 13.0 Å². The van der Waals surface area contributed by atoms with Gasteiger partial charge in [0.15, 0.2) is 0 Å². The average molecular weight is 368 g/mol. The molecular formula is C17H21FN2O2S2. The number of nitrogens with zero attached hydrogens (tertiary/aromatic N) is 2. The Kier molecular flexibility index (Phi) is 5.34. The van der Waals surface area contributed by atoms with E-state index in [1.165, 1.54) is 32.3 Å². The minimum Gasteiger partial charge on any atom is -0.296 e. The molecule has 1 aromatic heterocycles. The summed E-state index contributed by atoms with van der Waals surface area (Å²) in [5.74, 6) is -0.689. The fourth-order valence-corrected chi connectivity index (χ4v) is 5.33. The SMILES string of the molecule is CCc1ccc(CN2CCN(S(=O)(=O)c3ccccc3F)CC2)s1. The van der Waals surface area contributed by atoms with Gasteiger partial charge in [0.25, 0.3) is 0 Å². The maximum atomic E-state index is 13.8. The molecule has 1 aliphatic heterocycles. The van der Waals surface area contributed by atoms with Gasteiger partial charge >= 0.3 is 0 Å². The van der Waals surface area contributed by atoms with Crippen LogP contribution in [0.3, 0.4) is 0 Å². The van der Waals surface area contributed by atoms with Gasteiger partial charge in [-0.15, -0.1) is 11.3 Å². The highest BCUT2D eigenvalue weighted by Gasteiger charge is 2.30. The third-order valence-corrected chi connectivity index (χ3v) is 7.38. The largest absolute Gasteiger partial charge is 0.296 e. The van der Waals surface area contributed by atoms with Crippen molar-refractivity contribution in [3.8, 4) is 0 Å². The summed E-state index contributed by atoms with van der Waals surface area (Å²) < 4.78 is 40.4. The molecule has 0 spiro atoms. The van der Waals surface area contributed by atoms with Crippen LogP contribution in [-0.4, -0.2) is 43.8 Å². The summed E-state index contributed by atoms with van der Waals surface area (Å²) in [6, 6.07) is 9.86. The van der Waals surface area contributed by atoms with Crippen LogP contribution in [0.5, 0.6) is 0 Å². The molecule has 4 nitrogen and oxygen atoms in total. The van der Waals surface area contributed by atoms with Gasteiger partial charge in [-0.05, 0) is 30.7 Å². The van der Waals surface area contributed by atoms with Crippen molar-refractivity contribution in [2.75, 3.05) is 26.2 Å². The van der Waals surface area contributed by atoms with Crippen molar-refractivity contribution in [3.05, 3.63) is 52.0 Å². The molecule has 7 heteroatoms. The smallest absolute Gasteiger partial charge is 0.246 e. The van der Waals surface area contributed by atoms with Gasteiger partial charge < -0.3 is 0 Å². The van der Waals surface area contributed by atoms with Crippen molar-refractivity contribution in [1.82, 2.24) is 9.21 Å². The molecule has 2 heterocycles. The van der Waals surface area contributed by atoms with Gasteiger partial charge in [-0.25, -0.2) is 12.8 Å². The number of hydrogen-bond acceptors (Lipinski definition) is 4. The third kappa shape index (κ3) is 3.69. The quantitative estimate of drug-likeness (QED) is 0.815. The molecule has 0 amide bonds. The second-order valence-corrected chi connectivity index (χ2v) is 8.99. The Bertz CT molecular complexity index is 796. The van der Waals surface area contributed by atoms with Crippen LogP contribution >= 0.6 is 11.3 Å². The number of sulfonamides is 1. The molecule has 0 aliphatic carbocycles. The van der Waals surface area contributed by atoms with Crippen LogP contribution in [0.15, 0.2) is 41.3 Å². The first-order valence-corrected chi connectivity index (χ1v) is 10.3. The van der Waals surface area contributed by atoms with Gasteiger partial charge in [0, 0.05) is 42.5 Å². The molecule has 3 rings (SSSR count). The zero-order chi connectivity index (χ0) is 17.2. The van der Waals surface area contributed by atoms with Crippen LogP contribution in [0.25, 0.3) is 0 Å². The molecule has 0 unspecified atom stereocenters. The Labute approximate surface area is 146 Å². The number of halogens is 1. The lowest BCUT2D eigenvalue weighted by atomic mass is 10.3. The lowest BCUT2D eigenvalue weighted by molar-refractivity contribution is 0.182. The zero-order valence-electron chi connectivity index (χ0n) is 13.6. The van der Waals surface area contributed by atoms with Crippen LogP contribution in [0, 0.1) is 5.82 Å². The molecule has 1 saturated heterocycles. The summed E-state index contributed by atoms with van der Waals surface area (Å²) in [5.41, 5.74) is 0. The fraction of sp³-hybridized carbons (Fsp3) is 0.412. The monoisotopic (exact) mass is 368 g/mol. The molecule has 0 bridgehead atoms. The Morgan fingerprint density at radius 1 is 1.04 bits per heavy atom. The second-order valence-electron chi connectivity index (χ2n) is 5.83. The standard InChI is InChI=1S/C17H21FN2O2S2/c1-2-14-7-8-15(23-14)13-19-9-11-20(12-10-19)24(21,22)17-6-4-3-5-16(17)18/h3-8H,2,9-13H2,1H3. The second kappa shape index (κ2) is 7.31. The normalized spacial score (nSPS) is 17.2. The Morgan fingerprint density at radius 3 is 2.33 bits per heavy atom. The van der Waals surface area contributed by atoms with Gasteiger partial charge in [0.1, 0.15) is 10.7 Å². The molecule has 1 aromatic carbocycles. The first-order valence-electron chi connectivity index (χ1n) is 8.05. The minimum atomic E-state index is -3.75. The lowest BCUT2D eigenvalue weighted by Crippen LogP contribution is -2.48. The van der Waals surface area contributed by atoms with E-state index < -0.39 is 15.8 Å². The summed E-state index contributed by atoms with van der Waals surface area (Å²) in [7, 11) is -3.75. The van der Waals surface area contributed by atoms with E-state index in [1.807, 2.05) is 11.3 Å². The zero-order valence-corrected chi connectivity index (χ0v) is 15.2. The van der Waals surface area contributed by atoms with Gasteiger partial charge in [0.2, 0.25) is 10.0 Å². The van der Waals surface area contributed by atoms with Gasteiger partial charge in [0.05, 0.1) is 0 Å². The topological polar surface area (TPSA) is 40.6 Å². The summed E-state index contributed by atoms with van der Waals surface area (Å²) in [6.07, 6.45) is 1.04. The Morgan fingerprint density at radius 2 is 1.71 bits per heavy atom. The predicted octanol–water partition coefficient (Wildman–Crippen LogP) is 2.96. The fourth-order valence-electron chi connectivity index (χ4n) is 2.84. The van der Waals surface area contributed by atoms with Crippen molar-refractivity contribution in [2.45, 2.75) is 24.8 Å². The molecule has 0 N–H and O–H groups in total. The number of rotatable bonds is 5. The first-order chi connectivity index (χ1) is 11.5. The molecule has 0 atom stereocenters. The molecule has 24 heavy (non-hydrogen) atoms. The highest BCUT2D eigenvalue weighted by Crippen LogP contribution is 2.22. The highest BCUT2D eigenvalue weighted by molar-refractivity contribution is 7.89. The number of thiophene rings is 1. The van der Waals surface area contributed by atoms with Crippen LogP contribution in [0.4, 0.5) is 4.39 Å².